The maximum absolute atomic E-state index is 13.4. The van der Waals surface area contributed by atoms with E-state index in [1.54, 1.807) is 18.5 Å². The number of hydrogen-bond acceptors (Lipinski definition) is 4. The van der Waals surface area contributed by atoms with Crippen molar-refractivity contribution in [3.05, 3.63) is 53.3 Å². The maximum Gasteiger partial charge on any atom is 0.165 e. The van der Waals surface area contributed by atoms with Crippen LogP contribution in [0.3, 0.4) is 0 Å². The molecule has 0 aliphatic carbocycles. The molecule has 0 aromatic heterocycles. The Morgan fingerprint density at radius 1 is 1.24 bits per heavy atom. The number of aliphatic imine (C=N–C) groups is 1. The smallest absolute Gasteiger partial charge is 0.165 e. The van der Waals surface area contributed by atoms with E-state index in [1.165, 1.54) is 11.6 Å². The molecule has 4 nitrogen and oxygen atoms in total. The minimum atomic E-state index is -0.230. The Hall–Kier alpha value is -2.56. The molecule has 5 heteroatoms. The largest absolute Gasteiger partial charge is 0.488 e. The van der Waals surface area contributed by atoms with Gasteiger partial charge in [0, 0.05) is 24.1 Å². The Kier molecular flexibility index (Phi) is 3.86. The van der Waals surface area contributed by atoms with E-state index in [2.05, 4.69) is 24.9 Å². The van der Waals surface area contributed by atoms with Crippen LogP contribution in [0.1, 0.15) is 25.0 Å². The second-order valence-corrected chi connectivity index (χ2v) is 7.12. The van der Waals surface area contributed by atoms with Gasteiger partial charge in [0.1, 0.15) is 18.0 Å². The highest BCUT2D eigenvalue weighted by atomic mass is 19.1. The minimum absolute atomic E-state index is 0.185. The normalized spacial score (nSPS) is 17.0. The molecular formula is C20H21FN2O2. The summed E-state index contributed by atoms with van der Waals surface area (Å²) in [7, 11) is 0. The summed E-state index contributed by atoms with van der Waals surface area (Å²) in [5, 5.41) is 0. The van der Waals surface area contributed by atoms with Crippen LogP contribution in [0.5, 0.6) is 11.5 Å². The predicted octanol–water partition coefficient (Wildman–Crippen LogP) is 4.09. The highest BCUT2D eigenvalue weighted by Crippen LogP contribution is 2.41. The first-order chi connectivity index (χ1) is 12.0. The SMILES string of the molecule is CC1(C)Cc2cccc(OCCN3C=Nc4ccc(F)cc4C3)c2O1. The van der Waals surface area contributed by atoms with Crippen LogP contribution in [-0.4, -0.2) is 30.0 Å². The predicted molar refractivity (Wildman–Crippen MR) is 95.3 cm³/mol. The van der Waals surface area contributed by atoms with E-state index < -0.39 is 0 Å². The van der Waals surface area contributed by atoms with E-state index in [9.17, 15) is 4.39 Å². The van der Waals surface area contributed by atoms with Crippen molar-refractivity contribution in [3.63, 3.8) is 0 Å². The van der Waals surface area contributed by atoms with Crippen molar-refractivity contribution in [1.82, 2.24) is 4.90 Å². The highest BCUT2D eigenvalue weighted by molar-refractivity contribution is 5.66. The van der Waals surface area contributed by atoms with Crippen molar-refractivity contribution in [2.24, 2.45) is 4.99 Å². The fourth-order valence-electron chi connectivity index (χ4n) is 3.32. The summed E-state index contributed by atoms with van der Waals surface area (Å²) >= 11 is 0. The van der Waals surface area contributed by atoms with E-state index in [-0.39, 0.29) is 11.4 Å². The third-order valence-electron chi connectivity index (χ3n) is 4.47. The summed E-state index contributed by atoms with van der Waals surface area (Å²) in [6.07, 6.45) is 2.68. The molecule has 0 saturated heterocycles. The Morgan fingerprint density at radius 2 is 2.12 bits per heavy atom. The van der Waals surface area contributed by atoms with Gasteiger partial charge in [0.25, 0.3) is 0 Å². The third kappa shape index (κ3) is 3.31. The number of hydrogen-bond donors (Lipinski definition) is 0. The molecule has 0 bridgehead atoms. The summed E-state index contributed by atoms with van der Waals surface area (Å²) in [5.74, 6) is 1.40. The lowest BCUT2D eigenvalue weighted by atomic mass is 10.0. The Morgan fingerprint density at radius 3 is 3.00 bits per heavy atom. The fourth-order valence-corrected chi connectivity index (χ4v) is 3.32. The van der Waals surface area contributed by atoms with Crippen molar-refractivity contribution in [3.8, 4) is 11.5 Å². The van der Waals surface area contributed by atoms with Crippen LogP contribution < -0.4 is 9.47 Å². The molecule has 2 aromatic rings. The van der Waals surface area contributed by atoms with Gasteiger partial charge in [-0.1, -0.05) is 12.1 Å². The molecule has 0 radical (unpaired) electrons. The van der Waals surface area contributed by atoms with Crippen molar-refractivity contribution in [1.29, 1.82) is 0 Å². The first-order valence-corrected chi connectivity index (χ1v) is 8.51. The summed E-state index contributed by atoms with van der Waals surface area (Å²) in [5.41, 5.74) is 2.73. The van der Waals surface area contributed by atoms with E-state index in [4.69, 9.17) is 9.47 Å². The molecule has 0 unspecified atom stereocenters. The van der Waals surface area contributed by atoms with E-state index >= 15 is 0 Å². The molecule has 0 atom stereocenters. The second-order valence-electron chi connectivity index (χ2n) is 7.12. The zero-order valence-electron chi connectivity index (χ0n) is 14.5. The molecule has 0 saturated carbocycles. The molecule has 0 amide bonds. The summed E-state index contributed by atoms with van der Waals surface area (Å²) in [6.45, 7) is 5.98. The molecule has 2 heterocycles. The van der Waals surface area contributed by atoms with Gasteiger partial charge in [-0.25, -0.2) is 9.38 Å². The maximum atomic E-state index is 13.4. The quantitative estimate of drug-likeness (QED) is 0.840. The number of rotatable bonds is 4. The zero-order chi connectivity index (χ0) is 17.4. The highest BCUT2D eigenvalue weighted by Gasteiger charge is 2.32. The van der Waals surface area contributed by atoms with E-state index in [0.29, 0.717) is 19.7 Å². The minimum Gasteiger partial charge on any atom is -0.488 e. The van der Waals surface area contributed by atoms with Gasteiger partial charge in [0.15, 0.2) is 11.5 Å². The number of halogens is 1. The molecule has 130 valence electrons. The average molecular weight is 340 g/mol. The van der Waals surface area contributed by atoms with Crippen molar-refractivity contribution >= 4 is 12.0 Å². The summed E-state index contributed by atoms with van der Waals surface area (Å²) in [4.78, 5) is 6.40. The topological polar surface area (TPSA) is 34.1 Å². The zero-order valence-corrected chi connectivity index (χ0v) is 14.5. The molecule has 0 spiro atoms. The van der Waals surface area contributed by atoms with Crippen LogP contribution in [0.25, 0.3) is 0 Å². The molecule has 25 heavy (non-hydrogen) atoms. The van der Waals surface area contributed by atoms with Gasteiger partial charge in [0.05, 0.1) is 18.6 Å². The first kappa shape index (κ1) is 15.9. The van der Waals surface area contributed by atoms with Crippen LogP contribution >= 0.6 is 0 Å². The molecule has 2 aliphatic rings. The van der Waals surface area contributed by atoms with Gasteiger partial charge in [-0.15, -0.1) is 0 Å². The molecule has 2 aromatic carbocycles. The first-order valence-electron chi connectivity index (χ1n) is 8.51. The van der Waals surface area contributed by atoms with Crippen molar-refractivity contribution in [2.45, 2.75) is 32.4 Å². The van der Waals surface area contributed by atoms with Gasteiger partial charge in [0.2, 0.25) is 0 Å². The number of ether oxygens (including phenoxy) is 2. The fraction of sp³-hybridized carbons (Fsp3) is 0.350. The van der Waals surface area contributed by atoms with Gasteiger partial charge in [-0.3, -0.25) is 0 Å². The van der Waals surface area contributed by atoms with E-state index in [1.807, 2.05) is 17.0 Å². The summed E-state index contributed by atoms with van der Waals surface area (Å²) < 4.78 is 25.4. The molecule has 0 N–H and O–H groups in total. The van der Waals surface area contributed by atoms with Gasteiger partial charge in [-0.2, -0.15) is 0 Å². The van der Waals surface area contributed by atoms with Crippen LogP contribution in [0, 0.1) is 5.82 Å². The Balaban J connectivity index is 1.38. The lowest BCUT2D eigenvalue weighted by Gasteiger charge is -2.24. The summed E-state index contributed by atoms with van der Waals surface area (Å²) in [6, 6.07) is 10.7. The van der Waals surface area contributed by atoms with Gasteiger partial charge >= 0.3 is 0 Å². The lowest BCUT2D eigenvalue weighted by molar-refractivity contribution is 0.131. The molecule has 4 rings (SSSR count). The van der Waals surface area contributed by atoms with Crippen LogP contribution in [0.2, 0.25) is 0 Å². The molecule has 2 aliphatic heterocycles. The average Bonchev–Trinajstić information content (AvgIpc) is 2.89. The standard InChI is InChI=1S/C20H21FN2O2/c1-20(2)11-14-4-3-5-18(19(14)25-20)24-9-8-23-12-15-10-16(21)6-7-17(15)22-13-23/h3-7,10,13H,8-9,11-12H2,1-2H3. The molecular weight excluding hydrogens is 319 g/mol. The Labute approximate surface area is 146 Å². The second kappa shape index (κ2) is 6.06. The van der Waals surface area contributed by atoms with Crippen LogP contribution in [0.4, 0.5) is 10.1 Å². The number of benzene rings is 2. The van der Waals surface area contributed by atoms with Gasteiger partial charge in [-0.05, 0) is 38.1 Å². The molecule has 0 fully saturated rings. The number of nitrogens with zero attached hydrogens (tertiary/aromatic N) is 2. The third-order valence-corrected chi connectivity index (χ3v) is 4.47. The van der Waals surface area contributed by atoms with Crippen LogP contribution in [0.15, 0.2) is 41.4 Å². The lowest BCUT2D eigenvalue weighted by Crippen LogP contribution is -2.28. The monoisotopic (exact) mass is 340 g/mol. The van der Waals surface area contributed by atoms with Gasteiger partial charge < -0.3 is 14.4 Å². The number of para-hydroxylation sites is 1. The van der Waals surface area contributed by atoms with Crippen molar-refractivity contribution in [2.75, 3.05) is 13.2 Å². The Bertz CT molecular complexity index is 832. The van der Waals surface area contributed by atoms with E-state index in [0.717, 1.165) is 29.2 Å². The van der Waals surface area contributed by atoms with Crippen molar-refractivity contribution < 1.29 is 13.9 Å². The number of fused-ring (bicyclic) bond motifs is 2. The van der Waals surface area contributed by atoms with Crippen LogP contribution in [-0.2, 0) is 13.0 Å².